The lowest BCUT2D eigenvalue weighted by molar-refractivity contribution is 0.568. The second kappa shape index (κ2) is 23.2. The van der Waals surface area contributed by atoms with Gasteiger partial charge < -0.3 is 18.9 Å². The number of benzene rings is 12. The summed E-state index contributed by atoms with van der Waals surface area (Å²) < 4.78 is 79.2. The van der Waals surface area contributed by atoms with Crippen molar-refractivity contribution in [2.24, 2.45) is 0 Å². The van der Waals surface area contributed by atoms with Gasteiger partial charge in [-0.2, -0.15) is 0 Å². The van der Waals surface area contributed by atoms with E-state index >= 15 is 0 Å². The van der Waals surface area contributed by atoms with Crippen molar-refractivity contribution >= 4 is 101 Å². The minimum Gasteiger partial charge on any atom is -0.311 e. The molecule has 0 saturated carbocycles. The van der Waals surface area contributed by atoms with Crippen LogP contribution in [0.25, 0.3) is 88.4 Å². The molecule has 5 heteroatoms. The first kappa shape index (κ1) is 56.6. The third-order valence-corrected chi connectivity index (χ3v) is 21.4. The Hall–Kier alpha value is -10.1. The molecule has 502 valence electrons. The van der Waals surface area contributed by atoms with Crippen molar-refractivity contribution < 1.29 is 11.0 Å². The average Bonchev–Trinajstić information content (AvgIpc) is 1.50. The highest BCUT2D eigenvalue weighted by atomic mass is 15.2. The zero-order chi connectivity index (χ0) is 77.7. The Morgan fingerprint density at radius 2 is 0.653 bits per heavy atom. The molecule has 101 heavy (non-hydrogen) atoms. The summed E-state index contributed by atoms with van der Waals surface area (Å²) in [6.45, 7) is 40.7. The number of anilines is 6. The normalized spacial score (nSPS) is 14.7. The first-order chi connectivity index (χ1) is 51.2. The molecule has 0 radical (unpaired) electrons. The lowest BCUT2D eigenvalue weighted by Crippen LogP contribution is -2.61. The highest BCUT2D eigenvalue weighted by Crippen LogP contribution is 2.50. The summed E-state index contributed by atoms with van der Waals surface area (Å²) >= 11 is 0. The van der Waals surface area contributed by atoms with Gasteiger partial charge in [0, 0.05) is 61.4 Å². The fourth-order valence-electron chi connectivity index (χ4n) is 15.5. The molecule has 0 amide bonds. The Morgan fingerprint density at radius 3 is 1.13 bits per heavy atom. The van der Waals surface area contributed by atoms with Crippen molar-refractivity contribution in [1.82, 2.24) is 9.13 Å². The van der Waals surface area contributed by atoms with Gasteiger partial charge in [-0.05, 0) is 194 Å². The topological polar surface area (TPSA) is 16.3 Å². The maximum atomic E-state index is 9.78. The molecule has 0 fully saturated rings. The molecule has 0 aliphatic carbocycles. The van der Waals surface area contributed by atoms with E-state index < -0.39 is 30.9 Å². The van der Waals surface area contributed by atoms with Gasteiger partial charge in [0.2, 0.25) is 0 Å². The highest BCUT2D eigenvalue weighted by molar-refractivity contribution is 7.00. The van der Waals surface area contributed by atoms with Crippen LogP contribution in [-0.4, -0.2) is 15.8 Å². The average molecular weight is 1320 g/mol. The van der Waals surface area contributed by atoms with Gasteiger partial charge in [0.05, 0.1) is 38.7 Å². The van der Waals surface area contributed by atoms with Crippen LogP contribution < -0.4 is 26.2 Å². The van der Waals surface area contributed by atoms with Crippen LogP contribution >= 0.6 is 0 Å². The molecule has 0 spiro atoms. The molecule has 0 N–H and O–H groups in total. The molecule has 0 unspecified atom stereocenters. The minimum atomic E-state index is -0.490. The van der Waals surface area contributed by atoms with E-state index in [0.29, 0.717) is 5.69 Å². The van der Waals surface area contributed by atoms with Crippen LogP contribution in [0.3, 0.4) is 0 Å². The molecule has 0 saturated heterocycles. The van der Waals surface area contributed by atoms with Gasteiger partial charge in [-0.1, -0.05) is 294 Å². The number of rotatable bonds is 7. The first-order valence-corrected chi connectivity index (χ1v) is 35.9. The molecule has 2 aromatic heterocycles. The third kappa shape index (κ3) is 11.3. The van der Waals surface area contributed by atoms with Crippen LogP contribution in [0.2, 0.25) is 0 Å². The number of nitrogens with zero attached hydrogens (tertiary/aromatic N) is 4. The maximum absolute atomic E-state index is 9.78. The second-order valence-electron chi connectivity index (χ2n) is 34.7. The summed E-state index contributed by atoms with van der Waals surface area (Å²) in [6.07, 6.45) is 0. The fourth-order valence-corrected chi connectivity index (χ4v) is 15.5. The van der Waals surface area contributed by atoms with Crippen molar-refractivity contribution in [2.75, 3.05) is 9.80 Å². The van der Waals surface area contributed by atoms with E-state index in [9.17, 15) is 8.22 Å². The van der Waals surface area contributed by atoms with Crippen LogP contribution in [0.5, 0.6) is 0 Å². The van der Waals surface area contributed by atoms with Crippen LogP contribution in [0, 0.1) is 0 Å². The number of para-hydroxylation sites is 4. The van der Waals surface area contributed by atoms with E-state index in [0.717, 1.165) is 111 Å². The van der Waals surface area contributed by atoms with Gasteiger partial charge in [0.25, 0.3) is 6.71 Å². The molecule has 2 aliphatic rings. The van der Waals surface area contributed by atoms with Gasteiger partial charge in [-0.25, -0.2) is 0 Å². The largest absolute Gasteiger partial charge is 0.311 e. The van der Waals surface area contributed by atoms with Crippen molar-refractivity contribution in [2.45, 2.75) is 157 Å². The van der Waals surface area contributed by atoms with Gasteiger partial charge in [-0.3, -0.25) is 0 Å². The Morgan fingerprint density at radius 1 is 0.257 bits per heavy atom. The van der Waals surface area contributed by atoms with Gasteiger partial charge in [0.15, 0.2) is 0 Å². The number of aromatic nitrogens is 2. The molecule has 0 atom stereocenters. The van der Waals surface area contributed by atoms with E-state index in [1.54, 1.807) is 4.57 Å². The van der Waals surface area contributed by atoms with Crippen LogP contribution in [0.4, 0.5) is 34.1 Å². The van der Waals surface area contributed by atoms with Gasteiger partial charge in [0.1, 0.15) is 0 Å². The Kier molecular flexibility index (Phi) is 13.0. The Bertz CT molecular complexity index is 5950. The molecule has 4 nitrogen and oxygen atoms in total. The van der Waals surface area contributed by atoms with Crippen molar-refractivity contribution in [3.8, 4) is 44.8 Å². The van der Waals surface area contributed by atoms with Crippen LogP contribution in [-0.2, 0) is 32.5 Å². The Labute approximate surface area is 611 Å². The van der Waals surface area contributed by atoms with Crippen molar-refractivity contribution in [3.05, 3.63) is 282 Å². The second-order valence-corrected chi connectivity index (χ2v) is 34.7. The van der Waals surface area contributed by atoms with Crippen molar-refractivity contribution in [3.63, 3.8) is 0 Å². The molecule has 14 aromatic rings. The monoisotopic (exact) mass is 1320 g/mol. The standard InChI is InChI=1S/C96H95BN4/c1-91(2,3)66-46-63(47-67(54-66)92(4,5)6)60-38-41-72(42-39-60)98-87-57-74(99-82-34-23-19-30-76(82)77-31-20-24-35-83(77)99)43-44-80(87)97-81-53-62(65-50-70(95(13,14)15)56-71(51-65)96(16,17)18)40-45-86(81)100(73-29-27-28-61(52-73)64-48-68(93(7,8)9)55-69(49-64)94(10,11)12)89-59-75(58-88(98)90(89)97)101-84-36-25-21-32-78(84)79-33-22-26-37-85(79)101/h19-59H,1-18H3/i19D,20D,23D,24D,30D,31D,34D,35D. The zero-order valence-electron chi connectivity index (χ0n) is 69.9. The number of hydrogen-bond donors (Lipinski definition) is 0. The van der Waals surface area contributed by atoms with Crippen molar-refractivity contribution in [1.29, 1.82) is 0 Å². The molecule has 12 aromatic carbocycles. The molecule has 16 rings (SSSR count). The van der Waals surface area contributed by atoms with E-state index in [1.807, 2.05) is 6.07 Å². The van der Waals surface area contributed by atoms with E-state index in [2.05, 4.69) is 333 Å². The SMILES string of the molecule is [2H]c1c([2H])c([2H])c2c(c1[2H])c1c([2H])c([2H])c([2H])c([2H])c1n2-c1ccc2c(c1)N(c1ccc(-c3cc(C(C)(C)C)cc(C(C)(C)C)c3)cc1)c1cc(-n3c4ccccc4c4ccccc43)cc3c1B2c1cc(-c2cc(C(C)(C)C)cc(C(C)(C)C)c2)ccc1N3c1cccc(-c2cc(C(C)(C)C)cc(C(C)(C)C)c2)c1. The molecule has 2 aliphatic heterocycles. The molecular formula is C96H95BN4. The smallest absolute Gasteiger partial charge is 0.252 e. The van der Waals surface area contributed by atoms with Crippen LogP contribution in [0.15, 0.2) is 249 Å². The van der Waals surface area contributed by atoms with E-state index in [-0.39, 0.29) is 78.5 Å². The Balaban J connectivity index is 1.06. The zero-order valence-corrected chi connectivity index (χ0v) is 61.9. The summed E-state index contributed by atoms with van der Waals surface area (Å²) in [5, 5.41) is 2.29. The lowest BCUT2D eigenvalue weighted by atomic mass is 9.33. The molecule has 0 bridgehead atoms. The summed E-state index contributed by atoms with van der Waals surface area (Å²) in [5.74, 6) is 0. The van der Waals surface area contributed by atoms with Gasteiger partial charge >= 0.3 is 0 Å². The third-order valence-electron chi connectivity index (χ3n) is 21.4. The molecule has 4 heterocycles. The van der Waals surface area contributed by atoms with Gasteiger partial charge in [-0.15, -0.1) is 0 Å². The minimum absolute atomic E-state index is 0.0220. The van der Waals surface area contributed by atoms with E-state index in [4.69, 9.17) is 2.74 Å². The summed E-state index contributed by atoms with van der Waals surface area (Å²) in [5.41, 5.74) is 25.5. The first-order valence-electron chi connectivity index (χ1n) is 39.9. The quantitative estimate of drug-likeness (QED) is 0.148. The fraction of sp³-hybridized carbons (Fsp3) is 0.250. The van der Waals surface area contributed by atoms with Crippen LogP contribution in [0.1, 0.15) is 169 Å². The summed E-state index contributed by atoms with van der Waals surface area (Å²) in [7, 11) is 0. The number of fused-ring (bicyclic) bond motifs is 10. The van der Waals surface area contributed by atoms with E-state index in [1.165, 1.54) is 33.4 Å². The maximum Gasteiger partial charge on any atom is 0.252 e. The summed E-state index contributed by atoms with van der Waals surface area (Å²) in [6, 6.07) is 71.3. The highest BCUT2D eigenvalue weighted by Gasteiger charge is 2.45. The molecular weight excluding hydrogens is 1220 g/mol. The predicted octanol–water partition coefficient (Wildman–Crippen LogP) is 24.7. The summed E-state index contributed by atoms with van der Waals surface area (Å²) in [4.78, 5) is 4.88. The predicted molar refractivity (Wildman–Crippen MR) is 438 cm³/mol. The number of hydrogen-bond acceptors (Lipinski definition) is 2. The lowest BCUT2D eigenvalue weighted by Gasteiger charge is -2.45.